The second kappa shape index (κ2) is 11.0. The van der Waals surface area contributed by atoms with Gasteiger partial charge in [0, 0.05) is 36.7 Å². The first-order valence-corrected chi connectivity index (χ1v) is 11.3. The number of nitrogens with zero attached hydrogens (tertiary/aromatic N) is 4. The quantitative estimate of drug-likeness (QED) is 0.330. The van der Waals surface area contributed by atoms with Crippen LogP contribution in [0.25, 0.3) is 0 Å². The van der Waals surface area contributed by atoms with Crippen molar-refractivity contribution in [2.24, 2.45) is 4.99 Å². The number of aryl methyl sites for hydroxylation is 2. The number of nitrogens with one attached hydrogen (secondary N) is 2. The van der Waals surface area contributed by atoms with Crippen LogP contribution in [0.5, 0.6) is 0 Å². The van der Waals surface area contributed by atoms with Crippen LogP contribution in [0.3, 0.4) is 0 Å². The molecular weight excluding hydrogens is 527 g/mol. The number of fused-ring (bicyclic) bond motifs is 1. The SMILES string of the molecule is CCNC(=NCC1(c2ccccc2Cl)CCOCC1)NC1CCCn2nc(C)nc21.I. The molecule has 3 heterocycles. The fourth-order valence-electron chi connectivity index (χ4n) is 4.49. The zero-order chi connectivity index (χ0) is 21.0. The molecule has 0 saturated carbocycles. The summed E-state index contributed by atoms with van der Waals surface area (Å²) in [6, 6.07) is 8.26. The van der Waals surface area contributed by atoms with Gasteiger partial charge in [0.05, 0.1) is 12.6 Å². The van der Waals surface area contributed by atoms with E-state index in [0.717, 1.165) is 74.6 Å². The van der Waals surface area contributed by atoms with Gasteiger partial charge < -0.3 is 15.4 Å². The maximum absolute atomic E-state index is 6.60. The largest absolute Gasteiger partial charge is 0.381 e. The van der Waals surface area contributed by atoms with Crippen molar-refractivity contribution in [3.05, 3.63) is 46.5 Å². The van der Waals surface area contributed by atoms with Gasteiger partial charge in [-0.2, -0.15) is 5.10 Å². The number of aliphatic imine (C=N–C) groups is 1. The van der Waals surface area contributed by atoms with Gasteiger partial charge in [0.25, 0.3) is 0 Å². The minimum atomic E-state index is -0.109. The van der Waals surface area contributed by atoms with Gasteiger partial charge in [-0.25, -0.2) is 9.67 Å². The summed E-state index contributed by atoms with van der Waals surface area (Å²) in [7, 11) is 0. The van der Waals surface area contributed by atoms with E-state index < -0.39 is 0 Å². The average molecular weight is 559 g/mol. The van der Waals surface area contributed by atoms with Crippen LogP contribution in [0.2, 0.25) is 5.02 Å². The van der Waals surface area contributed by atoms with Crippen LogP contribution in [-0.2, 0) is 16.7 Å². The number of rotatable bonds is 5. The second-order valence-electron chi connectivity index (χ2n) is 8.15. The van der Waals surface area contributed by atoms with Gasteiger partial charge in [0.15, 0.2) is 5.96 Å². The minimum Gasteiger partial charge on any atom is -0.381 e. The monoisotopic (exact) mass is 558 g/mol. The molecular formula is C22H32ClIN6O. The summed E-state index contributed by atoms with van der Waals surface area (Å²) in [4.78, 5) is 9.66. The van der Waals surface area contributed by atoms with Crippen molar-refractivity contribution in [1.29, 1.82) is 0 Å². The fraction of sp³-hybridized carbons (Fsp3) is 0.591. The van der Waals surface area contributed by atoms with Crippen LogP contribution < -0.4 is 10.6 Å². The number of hydrogen-bond acceptors (Lipinski definition) is 4. The van der Waals surface area contributed by atoms with E-state index in [2.05, 4.69) is 39.8 Å². The Balaban J connectivity index is 0.00000272. The van der Waals surface area contributed by atoms with E-state index in [1.807, 2.05) is 23.7 Å². The molecule has 7 nitrogen and oxygen atoms in total. The lowest BCUT2D eigenvalue weighted by Gasteiger charge is -2.37. The van der Waals surface area contributed by atoms with E-state index in [1.54, 1.807) is 0 Å². The second-order valence-corrected chi connectivity index (χ2v) is 8.55. The number of aromatic nitrogens is 3. The first-order chi connectivity index (χ1) is 14.6. The van der Waals surface area contributed by atoms with E-state index in [4.69, 9.17) is 21.3 Å². The third-order valence-corrected chi connectivity index (χ3v) is 6.40. The zero-order valence-corrected chi connectivity index (χ0v) is 21.3. The summed E-state index contributed by atoms with van der Waals surface area (Å²) in [5.41, 5.74) is 1.06. The highest BCUT2D eigenvalue weighted by Crippen LogP contribution is 2.39. The van der Waals surface area contributed by atoms with Gasteiger partial charge >= 0.3 is 0 Å². The Kier molecular flexibility index (Phi) is 8.58. The topological polar surface area (TPSA) is 76.4 Å². The summed E-state index contributed by atoms with van der Waals surface area (Å²) in [6.45, 7) is 7.88. The molecule has 0 bridgehead atoms. The van der Waals surface area contributed by atoms with Gasteiger partial charge in [-0.05, 0) is 51.2 Å². The molecule has 2 aliphatic rings. The summed E-state index contributed by atoms with van der Waals surface area (Å²) in [6.07, 6.45) is 3.92. The van der Waals surface area contributed by atoms with Crippen molar-refractivity contribution in [1.82, 2.24) is 25.4 Å². The number of benzene rings is 1. The van der Waals surface area contributed by atoms with Crippen molar-refractivity contribution >= 4 is 41.5 Å². The summed E-state index contributed by atoms with van der Waals surface area (Å²) < 4.78 is 7.68. The molecule has 2 N–H and O–H groups in total. The molecule has 1 aromatic carbocycles. The molecule has 1 atom stereocenters. The van der Waals surface area contributed by atoms with E-state index in [9.17, 15) is 0 Å². The smallest absolute Gasteiger partial charge is 0.191 e. The molecule has 9 heteroatoms. The predicted molar refractivity (Wildman–Crippen MR) is 134 cm³/mol. The Hall–Kier alpha value is -1.39. The van der Waals surface area contributed by atoms with Crippen molar-refractivity contribution in [3.8, 4) is 0 Å². The third-order valence-electron chi connectivity index (χ3n) is 6.07. The van der Waals surface area contributed by atoms with Crippen LogP contribution in [0.4, 0.5) is 0 Å². The van der Waals surface area contributed by atoms with Gasteiger partial charge in [0.2, 0.25) is 0 Å². The maximum atomic E-state index is 6.60. The summed E-state index contributed by atoms with van der Waals surface area (Å²) >= 11 is 6.60. The maximum Gasteiger partial charge on any atom is 0.191 e. The molecule has 1 aromatic heterocycles. The Bertz CT molecular complexity index is 896. The van der Waals surface area contributed by atoms with Crippen molar-refractivity contribution in [3.63, 3.8) is 0 Å². The molecule has 0 radical (unpaired) electrons. The average Bonchev–Trinajstić information content (AvgIpc) is 3.14. The lowest BCUT2D eigenvalue weighted by Crippen LogP contribution is -2.43. The van der Waals surface area contributed by atoms with Crippen molar-refractivity contribution in [2.75, 3.05) is 26.3 Å². The van der Waals surface area contributed by atoms with E-state index in [1.165, 1.54) is 5.56 Å². The molecule has 0 aliphatic carbocycles. The van der Waals surface area contributed by atoms with Crippen LogP contribution >= 0.6 is 35.6 Å². The highest BCUT2D eigenvalue weighted by molar-refractivity contribution is 14.0. The van der Waals surface area contributed by atoms with Crippen LogP contribution in [-0.4, -0.2) is 47.0 Å². The molecule has 0 amide bonds. The standard InChI is InChI=1S/C22H31ClN6O.HI/c1-3-24-21(27-19-9-6-12-29-20(19)26-16(2)28-29)25-15-22(10-13-30-14-11-22)17-7-4-5-8-18(17)23;/h4-5,7-8,19H,3,6,9-15H2,1-2H3,(H2,24,25,27);1H. The van der Waals surface area contributed by atoms with Gasteiger partial charge in [-0.15, -0.1) is 24.0 Å². The van der Waals surface area contributed by atoms with E-state index in [-0.39, 0.29) is 35.4 Å². The van der Waals surface area contributed by atoms with Crippen molar-refractivity contribution < 1.29 is 4.74 Å². The Morgan fingerprint density at radius 3 is 2.84 bits per heavy atom. The molecule has 1 saturated heterocycles. The van der Waals surface area contributed by atoms with Crippen LogP contribution in [0.1, 0.15) is 55.9 Å². The predicted octanol–water partition coefficient (Wildman–Crippen LogP) is 4.00. The molecule has 0 spiro atoms. The Labute approximate surface area is 206 Å². The lowest BCUT2D eigenvalue weighted by atomic mass is 9.74. The minimum absolute atomic E-state index is 0. The normalized spacial score (nSPS) is 20.5. The summed E-state index contributed by atoms with van der Waals surface area (Å²) in [5.74, 6) is 2.63. The highest BCUT2D eigenvalue weighted by Gasteiger charge is 2.36. The molecule has 4 rings (SSSR count). The molecule has 2 aliphatic heterocycles. The first-order valence-electron chi connectivity index (χ1n) is 10.9. The third kappa shape index (κ3) is 5.51. The van der Waals surface area contributed by atoms with E-state index in [0.29, 0.717) is 6.54 Å². The lowest BCUT2D eigenvalue weighted by molar-refractivity contribution is 0.0531. The number of ether oxygens (including phenoxy) is 1. The highest BCUT2D eigenvalue weighted by atomic mass is 127. The van der Waals surface area contributed by atoms with Crippen LogP contribution in [0.15, 0.2) is 29.3 Å². The van der Waals surface area contributed by atoms with Gasteiger partial charge in [-0.3, -0.25) is 4.99 Å². The molecule has 1 fully saturated rings. The molecule has 1 unspecified atom stereocenters. The fourth-order valence-corrected chi connectivity index (χ4v) is 4.82. The Morgan fingerprint density at radius 1 is 1.32 bits per heavy atom. The molecule has 170 valence electrons. The Morgan fingerprint density at radius 2 is 2.10 bits per heavy atom. The first kappa shape index (κ1) is 24.3. The van der Waals surface area contributed by atoms with E-state index >= 15 is 0 Å². The van der Waals surface area contributed by atoms with Crippen LogP contribution in [0, 0.1) is 6.92 Å². The number of guanidine groups is 1. The zero-order valence-electron chi connectivity index (χ0n) is 18.2. The van der Waals surface area contributed by atoms with Gasteiger partial charge in [-0.1, -0.05) is 29.8 Å². The van der Waals surface area contributed by atoms with Gasteiger partial charge in [0.1, 0.15) is 11.6 Å². The molecule has 31 heavy (non-hydrogen) atoms. The number of hydrogen-bond donors (Lipinski definition) is 2. The molecule has 2 aromatic rings. The number of halogens is 2. The summed E-state index contributed by atoms with van der Waals surface area (Å²) in [5, 5.41) is 12.3. The van der Waals surface area contributed by atoms with Crippen molar-refractivity contribution in [2.45, 2.75) is 57.5 Å².